The van der Waals surface area contributed by atoms with Gasteiger partial charge in [0.2, 0.25) is 0 Å². The quantitative estimate of drug-likeness (QED) is 0.758. The first-order chi connectivity index (χ1) is 12.0. The smallest absolute Gasteiger partial charge is 0.338 e. The molecule has 0 N–H and O–H groups in total. The van der Waals surface area contributed by atoms with Gasteiger partial charge in [0.1, 0.15) is 0 Å². The zero-order valence-corrected chi connectivity index (χ0v) is 14.4. The summed E-state index contributed by atoms with van der Waals surface area (Å²) in [5.74, 6) is -0.902. The molecular weight excluding hydrogens is 316 g/mol. The number of hydrogen-bond acceptors (Lipinski definition) is 4. The Bertz CT molecular complexity index is 791. The molecule has 0 aliphatic carbocycles. The van der Waals surface area contributed by atoms with Crippen LogP contribution in [0.5, 0.6) is 0 Å². The Morgan fingerprint density at radius 2 is 1.80 bits per heavy atom. The number of esters is 1. The minimum Gasteiger partial charge on any atom is -0.452 e. The number of ether oxygens (including phenoxy) is 1. The molecule has 0 unspecified atom stereocenters. The Balaban J connectivity index is 2.05. The summed E-state index contributed by atoms with van der Waals surface area (Å²) in [5.41, 5.74) is 3.10. The molecule has 0 aromatic heterocycles. The van der Waals surface area contributed by atoms with Crippen molar-refractivity contribution in [3.8, 4) is 6.07 Å². The molecule has 0 atom stereocenters. The second-order valence-electron chi connectivity index (χ2n) is 5.73. The third-order valence-electron chi connectivity index (χ3n) is 3.67. The summed E-state index contributed by atoms with van der Waals surface area (Å²) >= 11 is 0. The number of aryl methyl sites for hydroxylation is 2. The van der Waals surface area contributed by atoms with Gasteiger partial charge in [0.15, 0.2) is 6.61 Å². The predicted molar refractivity (Wildman–Crippen MR) is 95.2 cm³/mol. The average molecular weight is 336 g/mol. The van der Waals surface area contributed by atoms with Gasteiger partial charge in [0.05, 0.1) is 18.1 Å². The van der Waals surface area contributed by atoms with E-state index in [0.29, 0.717) is 11.3 Å². The molecule has 5 nitrogen and oxygen atoms in total. The van der Waals surface area contributed by atoms with E-state index in [0.717, 1.165) is 11.1 Å². The van der Waals surface area contributed by atoms with Crippen molar-refractivity contribution in [1.29, 1.82) is 5.26 Å². The van der Waals surface area contributed by atoms with Gasteiger partial charge in [-0.2, -0.15) is 5.26 Å². The molecule has 2 rings (SSSR count). The zero-order chi connectivity index (χ0) is 18.2. The van der Waals surface area contributed by atoms with Gasteiger partial charge in [0, 0.05) is 12.2 Å². The average Bonchev–Trinajstić information content (AvgIpc) is 2.61. The summed E-state index contributed by atoms with van der Waals surface area (Å²) in [5, 5.41) is 8.81. The van der Waals surface area contributed by atoms with Crippen LogP contribution < -0.4 is 4.90 Å². The fraction of sp³-hybridized carbons (Fsp3) is 0.250. The Hall–Kier alpha value is -3.13. The predicted octanol–water partition coefficient (Wildman–Crippen LogP) is 3.41. The van der Waals surface area contributed by atoms with Gasteiger partial charge in [-0.25, -0.2) is 4.79 Å². The maximum atomic E-state index is 12.5. The second-order valence-corrected chi connectivity index (χ2v) is 5.73. The third kappa shape index (κ3) is 5.18. The summed E-state index contributed by atoms with van der Waals surface area (Å²) in [7, 11) is 0. The number of hydrogen-bond donors (Lipinski definition) is 0. The molecular formula is C20H20N2O3. The molecule has 0 aliphatic rings. The first-order valence-corrected chi connectivity index (χ1v) is 7.99. The van der Waals surface area contributed by atoms with Gasteiger partial charge in [-0.1, -0.05) is 35.4 Å². The van der Waals surface area contributed by atoms with Gasteiger partial charge in [-0.15, -0.1) is 0 Å². The number of carbonyl (C=O) groups is 2. The van der Waals surface area contributed by atoms with Crippen LogP contribution in [-0.4, -0.2) is 25.0 Å². The van der Waals surface area contributed by atoms with Crippen molar-refractivity contribution in [2.45, 2.75) is 20.3 Å². The summed E-state index contributed by atoms with van der Waals surface area (Å²) in [4.78, 5) is 26.0. The lowest BCUT2D eigenvalue weighted by atomic mass is 10.1. The first kappa shape index (κ1) is 18.2. The molecule has 2 aromatic rings. The molecule has 0 saturated heterocycles. The minimum atomic E-state index is -0.541. The van der Waals surface area contributed by atoms with E-state index < -0.39 is 5.97 Å². The molecule has 0 saturated carbocycles. The second kappa shape index (κ2) is 8.65. The monoisotopic (exact) mass is 336 g/mol. The number of nitrogens with zero attached hydrogens (tertiary/aromatic N) is 2. The van der Waals surface area contributed by atoms with Gasteiger partial charge in [-0.05, 0) is 38.1 Å². The van der Waals surface area contributed by atoms with Crippen LogP contribution in [-0.2, 0) is 9.53 Å². The molecule has 128 valence electrons. The number of nitriles is 1. The number of carbonyl (C=O) groups excluding carboxylic acids is 2. The first-order valence-electron chi connectivity index (χ1n) is 7.99. The van der Waals surface area contributed by atoms with Crippen molar-refractivity contribution in [3.05, 3.63) is 65.2 Å². The van der Waals surface area contributed by atoms with Gasteiger partial charge < -0.3 is 9.64 Å². The zero-order valence-electron chi connectivity index (χ0n) is 14.4. The third-order valence-corrected chi connectivity index (χ3v) is 3.67. The molecule has 0 bridgehead atoms. The van der Waals surface area contributed by atoms with E-state index in [2.05, 4.69) is 0 Å². The van der Waals surface area contributed by atoms with E-state index in [4.69, 9.17) is 10.00 Å². The molecule has 1 amide bonds. The fourth-order valence-electron chi connectivity index (χ4n) is 2.34. The van der Waals surface area contributed by atoms with E-state index in [1.165, 1.54) is 4.90 Å². The van der Waals surface area contributed by atoms with E-state index in [1.807, 2.05) is 50.2 Å². The standard InChI is InChI=1S/C20H20N2O3/c1-15-7-9-18(10-8-15)22(12-4-11-21)19(23)14-25-20(24)17-6-3-5-16(2)13-17/h3,5-10,13H,4,12,14H2,1-2H3. The highest BCUT2D eigenvalue weighted by atomic mass is 16.5. The Kier molecular flexibility index (Phi) is 6.30. The van der Waals surface area contributed by atoms with Crippen LogP contribution in [0.25, 0.3) is 0 Å². The number of anilines is 1. The van der Waals surface area contributed by atoms with Gasteiger partial charge >= 0.3 is 5.97 Å². The highest BCUT2D eigenvalue weighted by Crippen LogP contribution is 2.16. The Morgan fingerprint density at radius 3 is 2.44 bits per heavy atom. The van der Waals surface area contributed by atoms with Gasteiger partial charge in [-0.3, -0.25) is 4.79 Å². The maximum Gasteiger partial charge on any atom is 0.338 e. The lowest BCUT2D eigenvalue weighted by Crippen LogP contribution is -2.35. The Morgan fingerprint density at radius 1 is 1.08 bits per heavy atom. The molecule has 2 aromatic carbocycles. The summed E-state index contributed by atoms with van der Waals surface area (Å²) in [6.07, 6.45) is 0.200. The van der Waals surface area contributed by atoms with Crippen LogP contribution in [0.1, 0.15) is 27.9 Å². The molecule has 0 spiro atoms. The minimum absolute atomic E-state index is 0.200. The van der Waals surface area contributed by atoms with Crippen molar-refractivity contribution >= 4 is 17.6 Å². The SMILES string of the molecule is Cc1ccc(N(CCC#N)C(=O)COC(=O)c2cccc(C)c2)cc1. The Labute approximate surface area is 147 Å². The van der Waals surface area contributed by atoms with E-state index in [-0.39, 0.29) is 25.5 Å². The van der Waals surface area contributed by atoms with E-state index >= 15 is 0 Å². The van der Waals surface area contributed by atoms with Crippen molar-refractivity contribution in [3.63, 3.8) is 0 Å². The van der Waals surface area contributed by atoms with Crippen LogP contribution in [0, 0.1) is 25.2 Å². The number of rotatable bonds is 6. The van der Waals surface area contributed by atoms with Crippen LogP contribution in [0.3, 0.4) is 0 Å². The van der Waals surface area contributed by atoms with Crippen molar-refractivity contribution < 1.29 is 14.3 Å². The van der Waals surface area contributed by atoms with Crippen LogP contribution >= 0.6 is 0 Å². The van der Waals surface area contributed by atoms with E-state index in [9.17, 15) is 9.59 Å². The molecule has 5 heteroatoms. The number of benzene rings is 2. The summed E-state index contributed by atoms with van der Waals surface area (Å²) < 4.78 is 5.14. The van der Waals surface area contributed by atoms with E-state index in [1.54, 1.807) is 18.2 Å². The molecule has 0 radical (unpaired) electrons. The lowest BCUT2D eigenvalue weighted by Gasteiger charge is -2.21. The number of amides is 1. The van der Waals surface area contributed by atoms with Crippen LogP contribution in [0.15, 0.2) is 48.5 Å². The van der Waals surface area contributed by atoms with Crippen molar-refractivity contribution in [2.75, 3.05) is 18.1 Å². The van der Waals surface area contributed by atoms with Crippen LogP contribution in [0.2, 0.25) is 0 Å². The maximum absolute atomic E-state index is 12.5. The lowest BCUT2D eigenvalue weighted by molar-refractivity contribution is -0.121. The fourth-order valence-corrected chi connectivity index (χ4v) is 2.34. The van der Waals surface area contributed by atoms with Crippen LogP contribution in [0.4, 0.5) is 5.69 Å². The van der Waals surface area contributed by atoms with Crippen molar-refractivity contribution in [2.24, 2.45) is 0 Å². The largest absolute Gasteiger partial charge is 0.452 e. The van der Waals surface area contributed by atoms with Crippen molar-refractivity contribution in [1.82, 2.24) is 0 Å². The summed E-state index contributed by atoms with van der Waals surface area (Å²) in [6.45, 7) is 3.71. The molecule has 0 heterocycles. The normalized spacial score (nSPS) is 9.96. The highest BCUT2D eigenvalue weighted by Gasteiger charge is 2.18. The molecule has 0 aliphatic heterocycles. The molecule has 0 fully saturated rings. The molecule has 25 heavy (non-hydrogen) atoms. The summed E-state index contributed by atoms with van der Waals surface area (Å²) in [6, 6.07) is 16.4. The highest BCUT2D eigenvalue weighted by molar-refractivity contribution is 5.97. The topological polar surface area (TPSA) is 70.4 Å². The van der Waals surface area contributed by atoms with Gasteiger partial charge in [0.25, 0.3) is 5.91 Å².